The Bertz CT molecular complexity index is 339. The van der Waals surface area contributed by atoms with Crippen molar-refractivity contribution in [2.24, 2.45) is 11.6 Å². The first kappa shape index (κ1) is 10.6. The third-order valence-electron chi connectivity index (χ3n) is 1.70. The average molecular weight is 209 g/mol. The average Bonchev–Trinajstić information content (AvgIpc) is 2.18. The van der Waals surface area contributed by atoms with Crippen LogP contribution in [0.3, 0.4) is 0 Å². The van der Waals surface area contributed by atoms with Gasteiger partial charge in [-0.05, 0) is 17.8 Å². The molecule has 0 saturated heterocycles. The molecule has 0 atom stereocenters. The van der Waals surface area contributed by atoms with Gasteiger partial charge in [-0.15, -0.1) is 0 Å². The van der Waals surface area contributed by atoms with E-state index < -0.39 is 0 Å². The summed E-state index contributed by atoms with van der Waals surface area (Å²) in [5.41, 5.74) is 6.08. The lowest BCUT2D eigenvalue weighted by Gasteiger charge is -2.13. The SMILES string of the molecule is NC(=S)N(N)C(=O)Cc1ccccc1. The van der Waals surface area contributed by atoms with Gasteiger partial charge in [0.1, 0.15) is 0 Å². The van der Waals surface area contributed by atoms with E-state index in [0.29, 0.717) is 0 Å². The predicted molar refractivity (Wildman–Crippen MR) is 58.0 cm³/mol. The van der Waals surface area contributed by atoms with Crippen molar-refractivity contribution in [3.8, 4) is 0 Å². The Hall–Kier alpha value is -1.46. The van der Waals surface area contributed by atoms with Crippen molar-refractivity contribution in [1.29, 1.82) is 0 Å². The van der Waals surface area contributed by atoms with Crippen LogP contribution in [0.1, 0.15) is 5.56 Å². The minimum atomic E-state index is -0.316. The number of nitrogens with zero attached hydrogens (tertiary/aromatic N) is 1. The summed E-state index contributed by atoms with van der Waals surface area (Å²) < 4.78 is 0. The second-order valence-electron chi connectivity index (χ2n) is 2.76. The Morgan fingerprint density at radius 3 is 2.43 bits per heavy atom. The van der Waals surface area contributed by atoms with E-state index in [1.165, 1.54) is 0 Å². The Morgan fingerprint density at radius 1 is 1.36 bits per heavy atom. The maximum absolute atomic E-state index is 11.4. The number of hydrogen-bond acceptors (Lipinski definition) is 3. The van der Waals surface area contributed by atoms with Crippen LogP contribution in [-0.2, 0) is 11.2 Å². The van der Waals surface area contributed by atoms with Crippen LogP contribution in [0.2, 0.25) is 0 Å². The zero-order valence-corrected chi connectivity index (χ0v) is 8.33. The maximum atomic E-state index is 11.4. The number of nitrogens with two attached hydrogens (primary N) is 2. The molecule has 4 N–H and O–H groups in total. The molecule has 1 rings (SSSR count). The highest BCUT2D eigenvalue weighted by molar-refractivity contribution is 7.80. The molecule has 0 radical (unpaired) electrons. The van der Waals surface area contributed by atoms with Gasteiger partial charge in [-0.3, -0.25) is 4.79 Å². The molecule has 0 heterocycles. The molecule has 5 heteroatoms. The Balaban J connectivity index is 2.62. The molecule has 14 heavy (non-hydrogen) atoms. The van der Waals surface area contributed by atoms with Gasteiger partial charge >= 0.3 is 0 Å². The van der Waals surface area contributed by atoms with Gasteiger partial charge in [-0.25, -0.2) is 10.9 Å². The summed E-state index contributed by atoms with van der Waals surface area (Å²) in [6.45, 7) is 0. The molecule has 4 nitrogen and oxygen atoms in total. The van der Waals surface area contributed by atoms with Crippen LogP contribution in [0.5, 0.6) is 0 Å². The highest BCUT2D eigenvalue weighted by Gasteiger charge is 2.11. The number of hydrazine groups is 1. The Labute approximate surface area is 87.5 Å². The zero-order chi connectivity index (χ0) is 10.6. The van der Waals surface area contributed by atoms with Crippen LogP contribution in [-0.4, -0.2) is 16.0 Å². The topological polar surface area (TPSA) is 72.3 Å². The Kier molecular flexibility index (Phi) is 3.55. The summed E-state index contributed by atoms with van der Waals surface area (Å²) >= 11 is 4.57. The standard InChI is InChI=1S/C9H11N3OS/c10-9(14)12(11)8(13)6-7-4-2-1-3-5-7/h1-5H,6,11H2,(H2,10,14). The molecule has 0 unspecified atom stereocenters. The van der Waals surface area contributed by atoms with Gasteiger partial charge in [-0.2, -0.15) is 0 Å². The van der Waals surface area contributed by atoms with Gasteiger partial charge in [0.25, 0.3) is 0 Å². The number of carbonyl (C=O) groups excluding carboxylic acids is 1. The van der Waals surface area contributed by atoms with Gasteiger partial charge < -0.3 is 5.73 Å². The number of thiocarbonyl (C=S) groups is 1. The highest BCUT2D eigenvalue weighted by Crippen LogP contribution is 2.00. The molecule has 0 aromatic heterocycles. The lowest BCUT2D eigenvalue weighted by atomic mass is 10.1. The third kappa shape index (κ3) is 2.79. The van der Waals surface area contributed by atoms with Crippen molar-refractivity contribution in [2.45, 2.75) is 6.42 Å². The van der Waals surface area contributed by atoms with E-state index in [0.717, 1.165) is 10.6 Å². The highest BCUT2D eigenvalue weighted by atomic mass is 32.1. The first-order chi connectivity index (χ1) is 6.61. The van der Waals surface area contributed by atoms with Crippen LogP contribution in [0.15, 0.2) is 30.3 Å². The van der Waals surface area contributed by atoms with Crippen LogP contribution in [0, 0.1) is 0 Å². The molecule has 0 fully saturated rings. The van der Waals surface area contributed by atoms with Gasteiger partial charge in [0.2, 0.25) is 5.91 Å². The summed E-state index contributed by atoms with van der Waals surface area (Å²) in [5.74, 6) is 5.01. The minimum absolute atomic E-state index is 0.120. The molecule has 0 aliphatic heterocycles. The fourth-order valence-corrected chi connectivity index (χ4v) is 1.08. The van der Waals surface area contributed by atoms with Crippen LogP contribution >= 0.6 is 12.2 Å². The largest absolute Gasteiger partial charge is 0.375 e. The number of benzene rings is 1. The molecule has 0 aliphatic rings. The van der Waals surface area contributed by atoms with E-state index in [1.807, 2.05) is 30.3 Å². The van der Waals surface area contributed by atoms with Crippen molar-refractivity contribution in [1.82, 2.24) is 5.01 Å². The van der Waals surface area contributed by atoms with E-state index in [2.05, 4.69) is 12.2 Å². The quantitative estimate of drug-likeness (QED) is 0.315. The fraction of sp³-hybridized carbons (Fsp3) is 0.111. The summed E-state index contributed by atoms with van der Waals surface area (Å²) in [5, 5.41) is 0.661. The molecule has 74 valence electrons. The lowest BCUT2D eigenvalue weighted by molar-refractivity contribution is -0.126. The zero-order valence-electron chi connectivity index (χ0n) is 7.51. The first-order valence-corrected chi connectivity index (χ1v) is 4.43. The molecule has 0 saturated carbocycles. The van der Waals surface area contributed by atoms with E-state index >= 15 is 0 Å². The van der Waals surface area contributed by atoms with Crippen LogP contribution < -0.4 is 11.6 Å². The second-order valence-corrected chi connectivity index (χ2v) is 3.18. The number of rotatable bonds is 2. The molecular weight excluding hydrogens is 198 g/mol. The summed E-state index contributed by atoms with van der Waals surface area (Å²) in [6, 6.07) is 9.26. The monoisotopic (exact) mass is 209 g/mol. The molecular formula is C9H11N3OS. The molecule has 0 aliphatic carbocycles. The summed E-state index contributed by atoms with van der Waals surface area (Å²) in [4.78, 5) is 11.4. The van der Waals surface area contributed by atoms with Crippen LogP contribution in [0.4, 0.5) is 0 Å². The van der Waals surface area contributed by atoms with Crippen molar-refractivity contribution in [3.63, 3.8) is 0 Å². The van der Waals surface area contributed by atoms with Gasteiger partial charge in [0.15, 0.2) is 5.11 Å². The van der Waals surface area contributed by atoms with Crippen LogP contribution in [0.25, 0.3) is 0 Å². The minimum Gasteiger partial charge on any atom is -0.375 e. The van der Waals surface area contributed by atoms with Crippen molar-refractivity contribution in [3.05, 3.63) is 35.9 Å². The van der Waals surface area contributed by atoms with Crippen molar-refractivity contribution in [2.75, 3.05) is 0 Å². The fourth-order valence-electron chi connectivity index (χ4n) is 0.979. The van der Waals surface area contributed by atoms with Gasteiger partial charge in [0.05, 0.1) is 6.42 Å². The first-order valence-electron chi connectivity index (χ1n) is 4.02. The molecule has 1 amide bonds. The molecule has 0 spiro atoms. The van der Waals surface area contributed by atoms with E-state index in [9.17, 15) is 4.79 Å². The maximum Gasteiger partial charge on any atom is 0.247 e. The van der Waals surface area contributed by atoms with Gasteiger partial charge in [0, 0.05) is 0 Å². The number of amides is 1. The predicted octanol–water partition coefficient (Wildman–Crippen LogP) is 0.175. The third-order valence-corrected chi connectivity index (χ3v) is 1.90. The normalized spacial score (nSPS) is 9.50. The second kappa shape index (κ2) is 4.69. The summed E-state index contributed by atoms with van der Waals surface area (Å²) in [6.07, 6.45) is 0.203. The lowest BCUT2D eigenvalue weighted by Crippen LogP contribution is -2.46. The van der Waals surface area contributed by atoms with Crippen molar-refractivity contribution < 1.29 is 4.79 Å². The number of hydrogen-bond donors (Lipinski definition) is 2. The van der Waals surface area contributed by atoms with E-state index in [-0.39, 0.29) is 17.4 Å². The number of carbonyl (C=O) groups is 1. The van der Waals surface area contributed by atoms with Crippen molar-refractivity contribution >= 4 is 23.2 Å². The smallest absolute Gasteiger partial charge is 0.247 e. The molecule has 1 aromatic rings. The Morgan fingerprint density at radius 2 is 1.93 bits per heavy atom. The summed E-state index contributed by atoms with van der Waals surface area (Å²) in [7, 11) is 0. The molecule has 0 bridgehead atoms. The van der Waals surface area contributed by atoms with E-state index in [1.54, 1.807) is 0 Å². The van der Waals surface area contributed by atoms with E-state index in [4.69, 9.17) is 11.6 Å². The van der Waals surface area contributed by atoms with Gasteiger partial charge in [-0.1, -0.05) is 30.3 Å². The molecule has 1 aromatic carbocycles.